The summed E-state index contributed by atoms with van der Waals surface area (Å²) in [4.78, 5) is 11.3. The molecule has 0 spiro atoms. The molecule has 0 bridgehead atoms. The fourth-order valence-electron chi connectivity index (χ4n) is 1.69. The maximum Gasteiger partial charge on any atom is 0.454 e. The van der Waals surface area contributed by atoms with E-state index in [-0.39, 0.29) is 5.69 Å². The Bertz CT molecular complexity index is 637. The maximum atomic E-state index is 12.4. The first-order valence-corrected chi connectivity index (χ1v) is 5.70. The van der Waals surface area contributed by atoms with Gasteiger partial charge in [0.15, 0.2) is 0 Å². The summed E-state index contributed by atoms with van der Waals surface area (Å²) in [5.74, 6) is -1.94. The number of benzene rings is 2. The number of nitrogen functional groups attached to an aromatic ring is 1. The molecule has 2 aromatic carbocycles. The minimum atomic E-state index is -4.93. The Morgan fingerprint density at radius 2 is 1.72 bits per heavy atom. The van der Waals surface area contributed by atoms with Crippen molar-refractivity contribution >= 4 is 38.2 Å². The van der Waals surface area contributed by atoms with E-state index < -0.39 is 17.5 Å². The van der Waals surface area contributed by atoms with E-state index in [1.165, 1.54) is 0 Å². The van der Waals surface area contributed by atoms with Gasteiger partial charge in [0.1, 0.15) is 0 Å². The molecular weight excluding hydrogens is 311 g/mol. The lowest BCUT2D eigenvalue weighted by Crippen LogP contribution is -2.23. The third-order valence-corrected chi connectivity index (χ3v) is 3.19. The number of ketones is 1. The van der Waals surface area contributed by atoms with Crippen LogP contribution in [0.4, 0.5) is 18.9 Å². The van der Waals surface area contributed by atoms with Crippen LogP contribution in [-0.2, 0) is 0 Å². The number of hydrogen-bond acceptors (Lipinski definition) is 2. The molecule has 0 radical (unpaired) electrons. The Balaban J connectivity index is 2.75. The number of Topliss-reactive ketones (excluding diaryl/α,β-unsaturated/α-hetero) is 1. The number of fused-ring (bicyclic) bond motifs is 1. The summed E-state index contributed by atoms with van der Waals surface area (Å²) in [7, 11) is 0. The number of hydrogen-bond donors (Lipinski definition) is 1. The topological polar surface area (TPSA) is 43.1 Å². The second-order valence-electron chi connectivity index (χ2n) is 3.69. The van der Waals surface area contributed by atoms with Crippen molar-refractivity contribution < 1.29 is 18.0 Å². The molecule has 0 saturated heterocycles. The van der Waals surface area contributed by atoms with Crippen LogP contribution in [0.5, 0.6) is 0 Å². The van der Waals surface area contributed by atoms with Crippen molar-refractivity contribution in [3.63, 3.8) is 0 Å². The van der Waals surface area contributed by atoms with Gasteiger partial charge in [-0.2, -0.15) is 13.2 Å². The molecule has 0 heterocycles. The number of nitrogens with two attached hydrogens (primary N) is 1. The third-order valence-electron chi connectivity index (χ3n) is 2.54. The second kappa shape index (κ2) is 4.28. The van der Waals surface area contributed by atoms with Crippen LogP contribution in [0, 0.1) is 0 Å². The number of halogens is 4. The van der Waals surface area contributed by atoms with Gasteiger partial charge in [-0.1, -0.05) is 40.2 Å². The van der Waals surface area contributed by atoms with Crippen LogP contribution in [0.15, 0.2) is 34.8 Å². The Morgan fingerprint density at radius 3 is 2.28 bits per heavy atom. The minimum absolute atomic E-state index is 0.156. The molecule has 18 heavy (non-hydrogen) atoms. The highest BCUT2D eigenvalue weighted by Crippen LogP contribution is 2.34. The standard InChI is InChI=1S/C12H7BrF3NO/c13-9-5-8(11(18)12(14,15)16)10(17)7-4-2-1-3-6(7)9/h1-5H,17H2. The zero-order valence-corrected chi connectivity index (χ0v) is 10.5. The normalized spacial score (nSPS) is 11.8. The molecule has 0 atom stereocenters. The summed E-state index contributed by atoms with van der Waals surface area (Å²) in [6.07, 6.45) is -4.93. The van der Waals surface area contributed by atoms with Gasteiger partial charge >= 0.3 is 6.18 Å². The molecule has 2 rings (SSSR count). The highest BCUT2D eigenvalue weighted by Gasteiger charge is 2.40. The first-order valence-electron chi connectivity index (χ1n) is 4.90. The first-order chi connectivity index (χ1) is 8.32. The van der Waals surface area contributed by atoms with Crippen molar-refractivity contribution in [3.05, 3.63) is 40.4 Å². The van der Waals surface area contributed by atoms with E-state index in [4.69, 9.17) is 5.73 Å². The van der Waals surface area contributed by atoms with Crippen molar-refractivity contribution in [2.24, 2.45) is 0 Å². The summed E-state index contributed by atoms with van der Waals surface area (Å²) >= 11 is 3.14. The zero-order valence-electron chi connectivity index (χ0n) is 8.88. The number of anilines is 1. The molecule has 2 nitrogen and oxygen atoms in total. The maximum absolute atomic E-state index is 12.4. The van der Waals surface area contributed by atoms with E-state index in [0.29, 0.717) is 15.2 Å². The van der Waals surface area contributed by atoms with Crippen LogP contribution in [0.25, 0.3) is 10.8 Å². The number of carbonyl (C=O) groups excluding carboxylic acids is 1. The fraction of sp³-hybridized carbons (Fsp3) is 0.0833. The van der Waals surface area contributed by atoms with Gasteiger partial charge in [0.25, 0.3) is 5.78 Å². The van der Waals surface area contributed by atoms with Crippen LogP contribution in [0.1, 0.15) is 10.4 Å². The van der Waals surface area contributed by atoms with Gasteiger partial charge in [-0.3, -0.25) is 4.79 Å². The van der Waals surface area contributed by atoms with E-state index in [0.717, 1.165) is 6.07 Å². The molecule has 2 N–H and O–H groups in total. The summed E-state index contributed by atoms with van der Waals surface area (Å²) in [6.45, 7) is 0. The quantitative estimate of drug-likeness (QED) is 0.639. The smallest absolute Gasteiger partial charge is 0.398 e. The van der Waals surface area contributed by atoms with Gasteiger partial charge in [-0.25, -0.2) is 0 Å². The van der Waals surface area contributed by atoms with Gasteiger partial charge in [-0.15, -0.1) is 0 Å². The monoisotopic (exact) mass is 317 g/mol. The van der Waals surface area contributed by atoms with Gasteiger partial charge < -0.3 is 5.73 Å². The number of alkyl halides is 3. The predicted octanol–water partition coefficient (Wildman–Crippen LogP) is 3.93. The minimum Gasteiger partial charge on any atom is -0.398 e. The van der Waals surface area contributed by atoms with Crippen molar-refractivity contribution in [1.82, 2.24) is 0 Å². The number of rotatable bonds is 1. The molecule has 0 aliphatic carbocycles. The molecule has 0 aromatic heterocycles. The Labute approximate surface area is 109 Å². The molecule has 0 amide bonds. The molecule has 6 heteroatoms. The number of carbonyl (C=O) groups is 1. The van der Waals surface area contributed by atoms with Crippen molar-refractivity contribution in [3.8, 4) is 0 Å². The highest BCUT2D eigenvalue weighted by molar-refractivity contribution is 9.10. The van der Waals surface area contributed by atoms with Crippen molar-refractivity contribution in [2.75, 3.05) is 5.73 Å². The summed E-state index contributed by atoms with van der Waals surface area (Å²) in [6, 6.07) is 7.76. The molecule has 0 unspecified atom stereocenters. The lowest BCUT2D eigenvalue weighted by molar-refractivity contribution is -0.0884. The van der Waals surface area contributed by atoms with E-state index in [2.05, 4.69) is 15.9 Å². The summed E-state index contributed by atoms with van der Waals surface area (Å²) in [5, 5.41) is 1.08. The Morgan fingerprint density at radius 1 is 1.17 bits per heavy atom. The lowest BCUT2D eigenvalue weighted by atomic mass is 10.0. The molecule has 0 aliphatic heterocycles. The molecular formula is C12H7BrF3NO. The van der Waals surface area contributed by atoms with Gasteiger partial charge in [-0.05, 0) is 11.5 Å². The van der Waals surface area contributed by atoms with Gasteiger partial charge in [0.2, 0.25) is 0 Å². The average Bonchev–Trinajstić information content (AvgIpc) is 2.32. The largest absolute Gasteiger partial charge is 0.454 e. The summed E-state index contributed by atoms with van der Waals surface area (Å²) < 4.78 is 37.7. The highest BCUT2D eigenvalue weighted by atomic mass is 79.9. The van der Waals surface area contributed by atoms with Crippen LogP contribution in [-0.4, -0.2) is 12.0 Å². The van der Waals surface area contributed by atoms with Crippen LogP contribution in [0.2, 0.25) is 0 Å². The van der Waals surface area contributed by atoms with Crippen LogP contribution >= 0.6 is 15.9 Å². The van der Waals surface area contributed by atoms with Gasteiger partial charge in [0.05, 0.1) is 11.3 Å². The van der Waals surface area contributed by atoms with E-state index in [1.807, 2.05) is 0 Å². The van der Waals surface area contributed by atoms with E-state index >= 15 is 0 Å². The van der Waals surface area contributed by atoms with Gasteiger partial charge in [0, 0.05) is 9.86 Å². The summed E-state index contributed by atoms with van der Waals surface area (Å²) in [5.41, 5.74) is 4.95. The predicted molar refractivity (Wildman–Crippen MR) is 66.4 cm³/mol. The average molecular weight is 318 g/mol. The van der Waals surface area contributed by atoms with Crippen LogP contribution in [0.3, 0.4) is 0 Å². The fourth-order valence-corrected chi connectivity index (χ4v) is 2.27. The Hall–Kier alpha value is -1.56. The first kappa shape index (κ1) is 12.9. The molecule has 0 fully saturated rings. The Kier molecular flexibility index (Phi) is 3.06. The molecule has 0 saturated carbocycles. The molecule has 2 aromatic rings. The van der Waals surface area contributed by atoms with Crippen molar-refractivity contribution in [2.45, 2.75) is 6.18 Å². The lowest BCUT2D eigenvalue weighted by Gasteiger charge is -2.11. The van der Waals surface area contributed by atoms with E-state index in [1.54, 1.807) is 24.3 Å². The third kappa shape index (κ3) is 2.08. The second-order valence-corrected chi connectivity index (χ2v) is 4.55. The van der Waals surface area contributed by atoms with Crippen molar-refractivity contribution in [1.29, 1.82) is 0 Å². The zero-order chi connectivity index (χ0) is 13.5. The molecule has 94 valence electrons. The van der Waals surface area contributed by atoms with E-state index in [9.17, 15) is 18.0 Å². The SMILES string of the molecule is Nc1c(C(=O)C(F)(F)F)cc(Br)c2ccccc12. The van der Waals surface area contributed by atoms with Crippen LogP contribution < -0.4 is 5.73 Å². The molecule has 0 aliphatic rings.